The minimum Gasteiger partial charge on any atom is -0.394 e. The van der Waals surface area contributed by atoms with Gasteiger partial charge in [-0.25, -0.2) is 0 Å². The summed E-state index contributed by atoms with van der Waals surface area (Å²) in [6.07, 6.45) is -3.27. The van der Waals surface area contributed by atoms with Gasteiger partial charge in [-0.15, -0.1) is 0 Å². The van der Waals surface area contributed by atoms with Crippen LogP contribution in [-0.4, -0.2) is 51.5 Å². The van der Waals surface area contributed by atoms with E-state index in [0.29, 0.717) is 17.5 Å². The molecule has 29 heavy (non-hydrogen) atoms. The van der Waals surface area contributed by atoms with Gasteiger partial charge in [0.1, 0.15) is 18.3 Å². The predicted octanol–water partition coefficient (Wildman–Crippen LogP) is 0.292. The first-order valence-corrected chi connectivity index (χ1v) is 9.32. The van der Waals surface area contributed by atoms with Crippen molar-refractivity contribution in [3.8, 4) is 6.07 Å². The fourth-order valence-corrected chi connectivity index (χ4v) is 4.04. The van der Waals surface area contributed by atoms with Gasteiger partial charge in [-0.1, -0.05) is 24.3 Å². The van der Waals surface area contributed by atoms with Crippen LogP contribution in [0.15, 0.2) is 42.5 Å². The van der Waals surface area contributed by atoms with Crippen LogP contribution in [0.5, 0.6) is 0 Å². The molecule has 1 spiro atoms. The normalized spacial score (nSPS) is 30.9. The monoisotopic (exact) mass is 398 g/mol. The average molecular weight is 398 g/mol. The molecule has 0 aliphatic carbocycles. The summed E-state index contributed by atoms with van der Waals surface area (Å²) in [4.78, 5) is 0. The molecule has 1 saturated heterocycles. The number of nitrogens with zero attached hydrogens (tertiary/aromatic N) is 1. The lowest BCUT2D eigenvalue weighted by Gasteiger charge is -2.47. The molecule has 2 aromatic rings. The molecular formula is C21H22N2O6. The number of nitriles is 1. The molecule has 0 aromatic heterocycles. The zero-order valence-electron chi connectivity index (χ0n) is 15.5. The molecule has 2 aliphatic rings. The van der Waals surface area contributed by atoms with Crippen LogP contribution >= 0.6 is 0 Å². The van der Waals surface area contributed by atoms with E-state index in [1.807, 2.05) is 35.8 Å². The summed E-state index contributed by atoms with van der Waals surface area (Å²) in [5, 5.41) is 49.1. The fraction of sp³-hybridized carbons (Fsp3) is 0.381. The molecular weight excluding hydrogens is 376 g/mol. The molecule has 0 radical (unpaired) electrons. The molecule has 5 N–H and O–H groups in total. The molecule has 2 heterocycles. The Morgan fingerprint density at radius 3 is 2.52 bits per heavy atom. The van der Waals surface area contributed by atoms with Gasteiger partial charge >= 0.3 is 0 Å². The summed E-state index contributed by atoms with van der Waals surface area (Å²) >= 11 is 0. The number of hydroxylamine groups is 1. The van der Waals surface area contributed by atoms with Crippen LogP contribution in [0.25, 0.3) is 0 Å². The van der Waals surface area contributed by atoms with Crippen molar-refractivity contribution in [2.75, 3.05) is 6.61 Å². The largest absolute Gasteiger partial charge is 0.394 e. The van der Waals surface area contributed by atoms with Crippen molar-refractivity contribution in [1.82, 2.24) is 5.48 Å². The van der Waals surface area contributed by atoms with E-state index < -0.39 is 36.7 Å². The number of fused-ring (bicyclic) bond motifs is 2. The van der Waals surface area contributed by atoms with Gasteiger partial charge in [-0.2, -0.15) is 10.7 Å². The van der Waals surface area contributed by atoms with E-state index in [0.717, 1.165) is 16.7 Å². The van der Waals surface area contributed by atoms with E-state index in [2.05, 4.69) is 6.07 Å². The number of aliphatic hydroxyl groups is 3. The molecule has 8 heteroatoms. The summed E-state index contributed by atoms with van der Waals surface area (Å²) in [6.45, 7) is -0.293. The summed E-state index contributed by atoms with van der Waals surface area (Å²) in [5.74, 6) is -1.63. The highest BCUT2D eigenvalue weighted by Gasteiger charge is 2.58. The molecule has 4 rings (SSSR count). The van der Waals surface area contributed by atoms with Gasteiger partial charge in [0.05, 0.1) is 30.9 Å². The number of benzene rings is 2. The highest BCUT2D eigenvalue weighted by atomic mass is 16.7. The Hall–Kier alpha value is -2.35. The Morgan fingerprint density at radius 2 is 1.86 bits per heavy atom. The second-order valence-electron chi connectivity index (χ2n) is 7.36. The van der Waals surface area contributed by atoms with Crippen LogP contribution in [0.1, 0.15) is 27.8 Å². The van der Waals surface area contributed by atoms with Crippen molar-refractivity contribution in [1.29, 1.82) is 5.26 Å². The number of hydrogen-bond donors (Lipinski definition) is 5. The van der Waals surface area contributed by atoms with Crippen LogP contribution in [0.3, 0.4) is 0 Å². The maximum Gasteiger partial charge on any atom is 0.225 e. The zero-order chi connectivity index (χ0) is 20.6. The van der Waals surface area contributed by atoms with Gasteiger partial charge in [0.25, 0.3) is 0 Å². The van der Waals surface area contributed by atoms with Crippen molar-refractivity contribution in [2.24, 2.45) is 0 Å². The van der Waals surface area contributed by atoms with Crippen LogP contribution in [0, 0.1) is 11.3 Å². The molecule has 2 aliphatic heterocycles. The molecule has 0 amide bonds. The average Bonchev–Trinajstić information content (AvgIpc) is 3.11. The Balaban J connectivity index is 1.67. The first-order chi connectivity index (χ1) is 14.0. The van der Waals surface area contributed by atoms with Gasteiger partial charge < -0.3 is 30.0 Å². The Labute approximate surface area is 167 Å². The first-order valence-electron chi connectivity index (χ1n) is 9.32. The lowest BCUT2D eigenvalue weighted by molar-refractivity contribution is -0.358. The quantitative estimate of drug-likeness (QED) is 0.464. The van der Waals surface area contributed by atoms with Crippen molar-refractivity contribution in [3.05, 3.63) is 70.3 Å². The smallest absolute Gasteiger partial charge is 0.225 e. The maximum absolute atomic E-state index is 10.8. The minimum atomic E-state index is -1.63. The Morgan fingerprint density at radius 1 is 1.14 bits per heavy atom. The second-order valence-corrected chi connectivity index (χ2v) is 7.36. The lowest BCUT2D eigenvalue weighted by Crippen LogP contribution is -2.66. The Kier molecular flexibility index (Phi) is 5.38. The molecule has 0 bridgehead atoms. The lowest BCUT2D eigenvalue weighted by atomic mass is 9.85. The van der Waals surface area contributed by atoms with Gasteiger partial charge in [-0.3, -0.25) is 0 Å². The third-order valence-electron chi connectivity index (χ3n) is 5.62. The molecule has 8 nitrogen and oxygen atoms in total. The molecule has 152 valence electrons. The molecule has 2 aromatic carbocycles. The van der Waals surface area contributed by atoms with Crippen molar-refractivity contribution < 1.29 is 30.0 Å². The van der Waals surface area contributed by atoms with Gasteiger partial charge in [0.2, 0.25) is 5.79 Å². The first kappa shape index (κ1) is 19.9. The van der Waals surface area contributed by atoms with Crippen LogP contribution in [-0.2, 0) is 28.3 Å². The van der Waals surface area contributed by atoms with E-state index in [1.165, 1.54) is 0 Å². The second kappa shape index (κ2) is 7.82. The van der Waals surface area contributed by atoms with E-state index >= 15 is 0 Å². The molecule has 5 atom stereocenters. The minimum absolute atomic E-state index is 0.186. The SMILES string of the molecule is N#Cc1ccc(Cc2ccc3c(c2)[C@]2(OC3)O[C@H](CO)[C@@H](NO)[C@H](O)[C@H]2O)cc1. The number of aliphatic hydroxyl groups excluding tert-OH is 3. The third-order valence-corrected chi connectivity index (χ3v) is 5.62. The van der Waals surface area contributed by atoms with Gasteiger partial charge in [0, 0.05) is 5.56 Å². The van der Waals surface area contributed by atoms with E-state index in [4.69, 9.17) is 14.7 Å². The standard InChI is InChI=1S/C21H22N2O6/c22-9-13-3-1-12(2-4-13)7-14-5-6-15-11-28-21(16(15)8-14)20(26)19(25)18(23-27)17(10-24)29-21/h1-6,8,17-20,23-27H,7,10-11H2/t17-,18-,19+,20-,21+/m1/s1. The van der Waals surface area contributed by atoms with Crippen LogP contribution in [0.2, 0.25) is 0 Å². The van der Waals surface area contributed by atoms with E-state index in [9.17, 15) is 20.5 Å². The number of hydrogen-bond acceptors (Lipinski definition) is 8. The summed E-state index contributed by atoms with van der Waals surface area (Å²) < 4.78 is 11.7. The summed E-state index contributed by atoms with van der Waals surface area (Å²) in [5.41, 5.74) is 5.83. The third kappa shape index (κ3) is 3.33. The number of nitrogens with one attached hydrogen (secondary N) is 1. The highest BCUT2D eigenvalue weighted by Crippen LogP contribution is 2.46. The van der Waals surface area contributed by atoms with Crippen LogP contribution in [0.4, 0.5) is 0 Å². The van der Waals surface area contributed by atoms with Gasteiger partial charge in [0.15, 0.2) is 0 Å². The number of ether oxygens (including phenoxy) is 2. The van der Waals surface area contributed by atoms with E-state index in [-0.39, 0.29) is 6.61 Å². The fourth-order valence-electron chi connectivity index (χ4n) is 4.04. The van der Waals surface area contributed by atoms with Gasteiger partial charge in [-0.05, 0) is 41.3 Å². The maximum atomic E-state index is 10.8. The molecule has 1 fully saturated rings. The van der Waals surface area contributed by atoms with Crippen molar-refractivity contribution in [3.63, 3.8) is 0 Å². The summed E-state index contributed by atoms with van der Waals surface area (Å²) in [6, 6.07) is 14.0. The van der Waals surface area contributed by atoms with Crippen molar-refractivity contribution in [2.45, 2.75) is 43.2 Å². The predicted molar refractivity (Wildman–Crippen MR) is 99.6 cm³/mol. The Bertz CT molecular complexity index is 926. The zero-order valence-corrected chi connectivity index (χ0v) is 15.5. The molecule has 0 unspecified atom stereocenters. The van der Waals surface area contributed by atoms with Crippen molar-refractivity contribution >= 4 is 0 Å². The topological polar surface area (TPSA) is 135 Å². The van der Waals surface area contributed by atoms with Crippen LogP contribution < -0.4 is 5.48 Å². The number of rotatable bonds is 4. The highest BCUT2D eigenvalue weighted by molar-refractivity contribution is 5.41. The van der Waals surface area contributed by atoms with E-state index in [1.54, 1.807) is 12.1 Å². The molecule has 0 saturated carbocycles. The summed E-state index contributed by atoms with van der Waals surface area (Å²) in [7, 11) is 0.